The van der Waals surface area contributed by atoms with Gasteiger partial charge in [0.1, 0.15) is 5.84 Å². The molecule has 5 heteroatoms. The van der Waals surface area contributed by atoms with Gasteiger partial charge in [0, 0.05) is 24.7 Å². The first-order chi connectivity index (χ1) is 9.33. The van der Waals surface area contributed by atoms with Crippen molar-refractivity contribution in [3.05, 3.63) is 18.2 Å². The van der Waals surface area contributed by atoms with Crippen LogP contribution < -0.4 is 14.8 Å². The average Bonchev–Trinajstić information content (AvgIpc) is 2.69. The molecular weight excluding hydrogens is 276 g/mol. The molecule has 0 atom stereocenters. The lowest BCUT2D eigenvalue weighted by Gasteiger charge is -2.13. The van der Waals surface area contributed by atoms with E-state index in [2.05, 4.69) is 10.3 Å². The van der Waals surface area contributed by atoms with E-state index in [1.807, 2.05) is 25.1 Å². The number of rotatable bonds is 4. The Hall–Kier alpha value is -1.42. The van der Waals surface area contributed by atoms with Gasteiger partial charge in [0.05, 0.1) is 13.7 Å². The van der Waals surface area contributed by atoms with E-state index in [1.165, 1.54) is 19.3 Å². The summed E-state index contributed by atoms with van der Waals surface area (Å²) in [7, 11) is 1.66. The highest BCUT2D eigenvalue weighted by Gasteiger charge is 2.08. The van der Waals surface area contributed by atoms with Crippen LogP contribution in [0.4, 0.5) is 5.69 Å². The summed E-state index contributed by atoms with van der Waals surface area (Å²) >= 11 is 0. The molecule has 0 amide bonds. The summed E-state index contributed by atoms with van der Waals surface area (Å²) in [5.74, 6) is 2.60. The minimum Gasteiger partial charge on any atom is -0.493 e. The van der Waals surface area contributed by atoms with E-state index < -0.39 is 0 Å². The van der Waals surface area contributed by atoms with Gasteiger partial charge in [0.2, 0.25) is 0 Å². The molecule has 1 heterocycles. The van der Waals surface area contributed by atoms with E-state index in [0.29, 0.717) is 6.61 Å². The Morgan fingerprint density at radius 1 is 1.20 bits per heavy atom. The topological polar surface area (TPSA) is 42.8 Å². The largest absolute Gasteiger partial charge is 0.493 e. The fourth-order valence-corrected chi connectivity index (χ4v) is 2.16. The summed E-state index contributed by atoms with van der Waals surface area (Å²) in [6.45, 7) is 3.53. The summed E-state index contributed by atoms with van der Waals surface area (Å²) < 4.78 is 10.9. The molecule has 112 valence electrons. The van der Waals surface area contributed by atoms with Crippen LogP contribution in [0.15, 0.2) is 23.2 Å². The molecule has 2 rings (SSSR count). The first-order valence-electron chi connectivity index (χ1n) is 6.94. The molecule has 0 spiro atoms. The molecule has 1 aliphatic rings. The van der Waals surface area contributed by atoms with Crippen LogP contribution in [0.3, 0.4) is 0 Å². The molecule has 0 fully saturated rings. The van der Waals surface area contributed by atoms with Gasteiger partial charge in [0.25, 0.3) is 0 Å². The molecule has 1 aromatic rings. The zero-order valence-electron chi connectivity index (χ0n) is 12.1. The average molecular weight is 299 g/mol. The van der Waals surface area contributed by atoms with Crippen molar-refractivity contribution in [2.45, 2.75) is 32.6 Å². The normalized spacial score (nSPS) is 14.6. The second-order valence-electron chi connectivity index (χ2n) is 4.56. The van der Waals surface area contributed by atoms with Gasteiger partial charge in [0.15, 0.2) is 11.5 Å². The van der Waals surface area contributed by atoms with E-state index in [0.717, 1.165) is 36.0 Å². The van der Waals surface area contributed by atoms with Gasteiger partial charge in [-0.25, -0.2) is 0 Å². The van der Waals surface area contributed by atoms with Gasteiger partial charge in [-0.05, 0) is 31.9 Å². The fraction of sp³-hybridized carbons (Fsp3) is 0.533. The molecule has 0 saturated heterocycles. The SMILES string of the molecule is CCOc1ccc(NC2=NCCCCC2)cc1OC.Cl. The predicted octanol–water partition coefficient (Wildman–Crippen LogP) is 3.90. The third-order valence-electron chi connectivity index (χ3n) is 3.13. The summed E-state index contributed by atoms with van der Waals surface area (Å²) in [6.07, 6.45) is 4.69. The van der Waals surface area contributed by atoms with Crippen molar-refractivity contribution in [3.8, 4) is 11.5 Å². The highest BCUT2D eigenvalue weighted by atomic mass is 35.5. The van der Waals surface area contributed by atoms with E-state index in [4.69, 9.17) is 9.47 Å². The molecule has 0 aliphatic carbocycles. The Bertz CT molecular complexity index is 449. The van der Waals surface area contributed by atoms with Crippen molar-refractivity contribution < 1.29 is 9.47 Å². The monoisotopic (exact) mass is 298 g/mol. The molecule has 20 heavy (non-hydrogen) atoms. The van der Waals surface area contributed by atoms with Crippen LogP contribution >= 0.6 is 12.4 Å². The van der Waals surface area contributed by atoms with Crippen LogP contribution in [0.25, 0.3) is 0 Å². The van der Waals surface area contributed by atoms with Gasteiger partial charge < -0.3 is 14.8 Å². The van der Waals surface area contributed by atoms with Crippen LogP contribution in [-0.2, 0) is 0 Å². The lowest BCUT2D eigenvalue weighted by Crippen LogP contribution is -2.11. The van der Waals surface area contributed by atoms with E-state index >= 15 is 0 Å². The maximum atomic E-state index is 5.51. The molecule has 0 unspecified atom stereocenters. The molecule has 1 N–H and O–H groups in total. The van der Waals surface area contributed by atoms with Crippen LogP contribution in [0, 0.1) is 0 Å². The molecule has 0 radical (unpaired) electrons. The highest BCUT2D eigenvalue weighted by molar-refractivity contribution is 5.95. The number of benzene rings is 1. The lowest BCUT2D eigenvalue weighted by molar-refractivity contribution is 0.311. The third-order valence-corrected chi connectivity index (χ3v) is 3.13. The molecule has 1 aromatic carbocycles. The molecule has 0 saturated carbocycles. The highest BCUT2D eigenvalue weighted by Crippen LogP contribution is 2.30. The fourth-order valence-electron chi connectivity index (χ4n) is 2.16. The minimum atomic E-state index is 0. The van der Waals surface area contributed by atoms with Gasteiger partial charge in [-0.3, -0.25) is 4.99 Å². The number of nitrogens with one attached hydrogen (secondary N) is 1. The number of aliphatic imine (C=N–C) groups is 1. The van der Waals surface area contributed by atoms with Gasteiger partial charge in [-0.15, -0.1) is 12.4 Å². The number of nitrogens with zero attached hydrogens (tertiary/aromatic N) is 1. The van der Waals surface area contributed by atoms with Crippen LogP contribution in [0.1, 0.15) is 32.6 Å². The van der Waals surface area contributed by atoms with E-state index in [1.54, 1.807) is 7.11 Å². The van der Waals surface area contributed by atoms with Crippen LogP contribution in [0.5, 0.6) is 11.5 Å². The maximum absolute atomic E-state index is 5.51. The van der Waals surface area contributed by atoms with Crippen LogP contribution in [-0.4, -0.2) is 26.1 Å². The Morgan fingerprint density at radius 2 is 2.05 bits per heavy atom. The number of ether oxygens (including phenoxy) is 2. The number of halogens is 1. The van der Waals surface area contributed by atoms with Gasteiger partial charge >= 0.3 is 0 Å². The van der Waals surface area contributed by atoms with E-state index in [-0.39, 0.29) is 12.4 Å². The van der Waals surface area contributed by atoms with Crippen molar-refractivity contribution >= 4 is 23.9 Å². The molecule has 4 nitrogen and oxygen atoms in total. The predicted molar refractivity (Wildman–Crippen MR) is 85.8 cm³/mol. The summed E-state index contributed by atoms with van der Waals surface area (Å²) in [6, 6.07) is 5.89. The molecule has 0 bridgehead atoms. The first-order valence-corrected chi connectivity index (χ1v) is 6.94. The molecular formula is C15H23ClN2O2. The summed E-state index contributed by atoms with van der Waals surface area (Å²) in [5, 5.41) is 3.38. The van der Waals surface area contributed by atoms with Crippen molar-refractivity contribution in [1.82, 2.24) is 0 Å². The minimum absolute atomic E-state index is 0. The summed E-state index contributed by atoms with van der Waals surface area (Å²) in [4.78, 5) is 4.57. The zero-order valence-corrected chi connectivity index (χ0v) is 13.0. The number of methoxy groups -OCH3 is 1. The van der Waals surface area contributed by atoms with Crippen LogP contribution in [0.2, 0.25) is 0 Å². The number of hydrogen-bond donors (Lipinski definition) is 1. The quantitative estimate of drug-likeness (QED) is 0.917. The first kappa shape index (κ1) is 16.6. The second-order valence-corrected chi connectivity index (χ2v) is 4.56. The Labute approximate surface area is 127 Å². The second kappa shape index (κ2) is 8.69. The maximum Gasteiger partial charge on any atom is 0.162 e. The van der Waals surface area contributed by atoms with Crippen molar-refractivity contribution in [3.63, 3.8) is 0 Å². The van der Waals surface area contributed by atoms with Crippen molar-refractivity contribution in [2.24, 2.45) is 4.99 Å². The van der Waals surface area contributed by atoms with E-state index in [9.17, 15) is 0 Å². The molecule has 1 aliphatic heterocycles. The Balaban J connectivity index is 0.00000200. The third kappa shape index (κ3) is 4.60. The summed E-state index contributed by atoms with van der Waals surface area (Å²) in [5.41, 5.74) is 1.00. The lowest BCUT2D eigenvalue weighted by atomic mass is 10.2. The van der Waals surface area contributed by atoms with Crippen molar-refractivity contribution in [2.75, 3.05) is 25.6 Å². The number of amidine groups is 1. The standard InChI is InChI=1S/C15H22N2O2.ClH/c1-3-19-13-9-8-12(11-14(13)18-2)17-15-7-5-4-6-10-16-15;/h8-9,11H,3-7,10H2,1-2H3,(H,16,17);1H. The van der Waals surface area contributed by atoms with Gasteiger partial charge in [-0.2, -0.15) is 0 Å². The molecule has 0 aromatic heterocycles. The van der Waals surface area contributed by atoms with Gasteiger partial charge in [-0.1, -0.05) is 6.42 Å². The Morgan fingerprint density at radius 3 is 2.80 bits per heavy atom. The smallest absolute Gasteiger partial charge is 0.162 e. The zero-order chi connectivity index (χ0) is 13.5. The number of anilines is 1. The van der Waals surface area contributed by atoms with Crippen molar-refractivity contribution in [1.29, 1.82) is 0 Å². The number of hydrogen-bond acceptors (Lipinski definition) is 4. The Kier molecular flexibility index (Phi) is 7.23.